The zero-order chi connectivity index (χ0) is 27.1. The van der Waals surface area contributed by atoms with E-state index in [4.69, 9.17) is 0 Å². The third kappa shape index (κ3) is 8.22. The van der Waals surface area contributed by atoms with E-state index >= 15 is 0 Å². The Balaban J connectivity index is 5.21. The lowest BCUT2D eigenvalue weighted by atomic mass is 9.91. The summed E-state index contributed by atoms with van der Waals surface area (Å²) in [5.74, 6) is -26.9. The standard InChI is InChI=1S/C20H26F8O6/c1-11(2)15(31)33-7-5-13(29)9-17(21,22)19(25,26)20(27,28)18(23,24)10-14(30)6-8-34-16(32)12(3)4/h13-14,29-30H,1,3,5-10H2,2,4H3. The summed E-state index contributed by atoms with van der Waals surface area (Å²) < 4.78 is 120. The van der Waals surface area contributed by atoms with E-state index in [1.165, 1.54) is 13.8 Å². The van der Waals surface area contributed by atoms with Gasteiger partial charge >= 0.3 is 35.6 Å². The Hall–Kier alpha value is -2.22. The molecule has 34 heavy (non-hydrogen) atoms. The first-order chi connectivity index (χ1) is 15.2. The summed E-state index contributed by atoms with van der Waals surface area (Å²) >= 11 is 0. The van der Waals surface area contributed by atoms with Gasteiger partial charge in [0.15, 0.2) is 0 Å². The highest BCUT2D eigenvalue weighted by atomic mass is 19.4. The fourth-order valence-corrected chi connectivity index (χ4v) is 2.33. The van der Waals surface area contributed by atoms with E-state index in [0.29, 0.717) is 0 Å². The van der Waals surface area contributed by atoms with Crippen molar-refractivity contribution in [2.75, 3.05) is 13.2 Å². The average Bonchev–Trinajstić information content (AvgIpc) is 2.66. The number of rotatable bonds is 15. The van der Waals surface area contributed by atoms with E-state index in [9.17, 15) is 54.9 Å². The molecule has 0 rings (SSSR count). The van der Waals surface area contributed by atoms with Crippen LogP contribution in [0.4, 0.5) is 35.1 Å². The van der Waals surface area contributed by atoms with Crippen molar-refractivity contribution in [3.8, 4) is 0 Å². The van der Waals surface area contributed by atoms with Gasteiger partial charge in [0.1, 0.15) is 0 Å². The molecular weight excluding hydrogens is 488 g/mol. The highest BCUT2D eigenvalue weighted by Gasteiger charge is 2.80. The SMILES string of the molecule is C=C(C)C(=O)OCCC(O)CC(F)(F)C(F)(F)C(F)(F)C(F)(F)CC(O)CCOC(=O)C(=C)C. The second kappa shape index (κ2) is 12.0. The number of esters is 2. The lowest BCUT2D eigenvalue weighted by Gasteiger charge is -2.38. The molecule has 0 aliphatic carbocycles. The second-order valence-corrected chi connectivity index (χ2v) is 7.68. The predicted octanol–water partition coefficient (Wildman–Crippen LogP) is 4.05. The van der Waals surface area contributed by atoms with Crippen LogP contribution >= 0.6 is 0 Å². The van der Waals surface area contributed by atoms with E-state index in [0.717, 1.165) is 0 Å². The smallest absolute Gasteiger partial charge is 0.378 e. The number of hydrogen-bond acceptors (Lipinski definition) is 6. The van der Waals surface area contributed by atoms with Crippen molar-refractivity contribution < 1.29 is 64.4 Å². The van der Waals surface area contributed by atoms with E-state index in [1.54, 1.807) is 0 Å². The quantitative estimate of drug-likeness (QED) is 0.195. The van der Waals surface area contributed by atoms with Crippen molar-refractivity contribution in [3.05, 3.63) is 24.3 Å². The number of halogens is 8. The Labute approximate surface area is 190 Å². The summed E-state index contributed by atoms with van der Waals surface area (Å²) in [5.41, 5.74) is -0.214. The summed E-state index contributed by atoms with van der Waals surface area (Å²) in [6.45, 7) is 7.31. The topological polar surface area (TPSA) is 93.1 Å². The molecule has 0 aliphatic rings. The molecule has 0 saturated carbocycles. The Morgan fingerprint density at radius 1 is 0.706 bits per heavy atom. The number of alkyl halides is 8. The summed E-state index contributed by atoms with van der Waals surface area (Å²) in [6, 6.07) is 0. The third-order valence-electron chi connectivity index (χ3n) is 4.36. The number of carbonyl (C=O) groups excluding carboxylic acids is 2. The summed E-state index contributed by atoms with van der Waals surface area (Å²) in [6.07, 6.45) is -11.3. The van der Waals surface area contributed by atoms with Crippen molar-refractivity contribution in [3.63, 3.8) is 0 Å². The van der Waals surface area contributed by atoms with E-state index < -0.39 is 86.7 Å². The van der Waals surface area contributed by atoms with Gasteiger partial charge in [0.2, 0.25) is 0 Å². The summed E-state index contributed by atoms with van der Waals surface area (Å²) in [7, 11) is 0. The average molecular weight is 514 g/mol. The fourth-order valence-electron chi connectivity index (χ4n) is 2.33. The Morgan fingerprint density at radius 3 is 1.21 bits per heavy atom. The summed E-state index contributed by atoms with van der Waals surface area (Å²) in [5, 5.41) is 18.9. The normalized spacial score (nSPS) is 14.8. The Kier molecular flexibility index (Phi) is 11.2. The molecule has 0 aromatic heterocycles. The molecule has 0 amide bonds. The van der Waals surface area contributed by atoms with Gasteiger partial charge in [-0.3, -0.25) is 0 Å². The lowest BCUT2D eigenvalue weighted by Crippen LogP contribution is -2.63. The minimum atomic E-state index is -6.65. The van der Waals surface area contributed by atoms with E-state index in [-0.39, 0.29) is 11.1 Å². The van der Waals surface area contributed by atoms with Gasteiger partial charge in [-0.05, 0) is 13.8 Å². The maximum absolute atomic E-state index is 13.9. The van der Waals surface area contributed by atoms with Gasteiger partial charge in [-0.25, -0.2) is 9.59 Å². The van der Waals surface area contributed by atoms with Crippen LogP contribution in [0.1, 0.15) is 39.5 Å². The predicted molar refractivity (Wildman–Crippen MR) is 102 cm³/mol. The molecule has 0 heterocycles. The lowest BCUT2D eigenvalue weighted by molar-refractivity contribution is -0.372. The van der Waals surface area contributed by atoms with E-state index in [2.05, 4.69) is 22.6 Å². The largest absolute Gasteiger partial charge is 0.462 e. The fraction of sp³-hybridized carbons (Fsp3) is 0.700. The minimum Gasteiger partial charge on any atom is -0.462 e. The molecule has 0 bridgehead atoms. The second-order valence-electron chi connectivity index (χ2n) is 7.68. The van der Waals surface area contributed by atoms with Gasteiger partial charge < -0.3 is 19.7 Å². The molecule has 2 unspecified atom stereocenters. The maximum Gasteiger partial charge on any atom is 0.378 e. The first kappa shape index (κ1) is 31.8. The van der Waals surface area contributed by atoms with Crippen molar-refractivity contribution in [1.29, 1.82) is 0 Å². The van der Waals surface area contributed by atoms with Crippen molar-refractivity contribution >= 4 is 11.9 Å². The van der Waals surface area contributed by atoms with Crippen LogP contribution in [0.25, 0.3) is 0 Å². The number of carbonyl (C=O) groups is 2. The third-order valence-corrected chi connectivity index (χ3v) is 4.36. The molecule has 0 spiro atoms. The number of aliphatic hydroxyl groups is 2. The van der Waals surface area contributed by atoms with Crippen LogP contribution in [0, 0.1) is 0 Å². The molecule has 0 saturated heterocycles. The monoisotopic (exact) mass is 514 g/mol. The minimum absolute atomic E-state index is 0.107. The molecule has 0 radical (unpaired) electrons. The molecule has 2 N–H and O–H groups in total. The Bertz CT molecular complexity index is 691. The number of aliphatic hydroxyl groups excluding tert-OH is 2. The first-order valence-electron chi connectivity index (χ1n) is 9.72. The van der Waals surface area contributed by atoms with Gasteiger partial charge in [-0.1, -0.05) is 13.2 Å². The highest BCUT2D eigenvalue weighted by molar-refractivity contribution is 5.87. The van der Waals surface area contributed by atoms with Crippen LogP contribution in [0.3, 0.4) is 0 Å². The van der Waals surface area contributed by atoms with Crippen LogP contribution < -0.4 is 0 Å². The number of ether oxygens (including phenoxy) is 2. The summed E-state index contributed by atoms with van der Waals surface area (Å²) in [4.78, 5) is 22.2. The maximum atomic E-state index is 13.9. The van der Waals surface area contributed by atoms with Gasteiger partial charge in [0.25, 0.3) is 0 Å². The molecule has 14 heteroatoms. The zero-order valence-corrected chi connectivity index (χ0v) is 18.4. The zero-order valence-electron chi connectivity index (χ0n) is 18.4. The van der Waals surface area contributed by atoms with Gasteiger partial charge in [-0.15, -0.1) is 0 Å². The van der Waals surface area contributed by atoms with Crippen LogP contribution in [0.5, 0.6) is 0 Å². The van der Waals surface area contributed by atoms with Crippen molar-refractivity contribution in [2.24, 2.45) is 0 Å². The van der Waals surface area contributed by atoms with Crippen LogP contribution in [-0.4, -0.2) is 71.3 Å². The molecule has 0 aromatic rings. The highest BCUT2D eigenvalue weighted by Crippen LogP contribution is 2.55. The Morgan fingerprint density at radius 2 is 0.971 bits per heavy atom. The van der Waals surface area contributed by atoms with Crippen LogP contribution in [-0.2, 0) is 19.1 Å². The van der Waals surface area contributed by atoms with Crippen molar-refractivity contribution in [2.45, 2.75) is 75.4 Å². The molecule has 6 nitrogen and oxygen atoms in total. The first-order valence-corrected chi connectivity index (χ1v) is 9.72. The molecule has 0 aliphatic heterocycles. The van der Waals surface area contributed by atoms with Gasteiger partial charge in [0.05, 0.1) is 25.4 Å². The van der Waals surface area contributed by atoms with Gasteiger partial charge in [-0.2, -0.15) is 35.1 Å². The van der Waals surface area contributed by atoms with Crippen molar-refractivity contribution in [1.82, 2.24) is 0 Å². The molecular formula is C20H26F8O6. The molecule has 0 fully saturated rings. The van der Waals surface area contributed by atoms with Gasteiger partial charge in [0, 0.05) is 36.8 Å². The molecule has 198 valence electrons. The number of hydrogen-bond donors (Lipinski definition) is 2. The molecule has 0 aromatic carbocycles. The van der Waals surface area contributed by atoms with Crippen LogP contribution in [0.15, 0.2) is 24.3 Å². The molecule has 2 atom stereocenters. The van der Waals surface area contributed by atoms with E-state index in [1.807, 2.05) is 0 Å². The van der Waals surface area contributed by atoms with Crippen LogP contribution in [0.2, 0.25) is 0 Å².